The summed E-state index contributed by atoms with van der Waals surface area (Å²) < 4.78 is 1.81. The minimum Gasteiger partial charge on any atom is -0.368 e. The van der Waals surface area contributed by atoms with Crippen LogP contribution in [0.3, 0.4) is 0 Å². The van der Waals surface area contributed by atoms with Gasteiger partial charge in [-0.3, -0.25) is 19.3 Å². The molecule has 3 aromatic rings. The number of benzene rings is 2. The highest BCUT2D eigenvalue weighted by atomic mass is 35.5. The summed E-state index contributed by atoms with van der Waals surface area (Å²) in [6.45, 7) is 2.26. The van der Waals surface area contributed by atoms with Crippen molar-refractivity contribution in [3.8, 4) is 0 Å². The van der Waals surface area contributed by atoms with Crippen molar-refractivity contribution in [3.05, 3.63) is 75.3 Å². The standard InChI is InChI=1S/C23H20ClN3O3S/c1-2-15-4-3-5-18-16(12-26(21(15)18)13-20(25)28)10-19-22(29)27(23(30)31-19)11-14-6-8-17(24)9-7-14/h3-10,12H,2,11,13H2,1H3,(H2,25,28)/b19-10-. The largest absolute Gasteiger partial charge is 0.368 e. The molecule has 8 heteroatoms. The van der Waals surface area contributed by atoms with Gasteiger partial charge in [0, 0.05) is 22.2 Å². The molecule has 158 valence electrons. The van der Waals surface area contributed by atoms with E-state index in [0.717, 1.165) is 45.8 Å². The summed E-state index contributed by atoms with van der Waals surface area (Å²) in [6, 6.07) is 12.9. The lowest BCUT2D eigenvalue weighted by atomic mass is 10.1. The monoisotopic (exact) mass is 453 g/mol. The Morgan fingerprint density at radius 3 is 2.58 bits per heavy atom. The van der Waals surface area contributed by atoms with E-state index in [4.69, 9.17) is 17.3 Å². The first kappa shape index (κ1) is 21.2. The van der Waals surface area contributed by atoms with E-state index in [1.165, 1.54) is 4.90 Å². The van der Waals surface area contributed by atoms with Gasteiger partial charge >= 0.3 is 0 Å². The molecule has 6 nitrogen and oxygen atoms in total. The third-order valence-electron chi connectivity index (χ3n) is 5.13. The van der Waals surface area contributed by atoms with Crippen LogP contribution in [0.1, 0.15) is 23.6 Å². The molecule has 1 saturated heterocycles. The summed E-state index contributed by atoms with van der Waals surface area (Å²) >= 11 is 6.82. The third kappa shape index (κ3) is 4.24. The maximum Gasteiger partial charge on any atom is 0.293 e. The van der Waals surface area contributed by atoms with Crippen LogP contribution >= 0.6 is 23.4 Å². The fourth-order valence-electron chi connectivity index (χ4n) is 3.71. The van der Waals surface area contributed by atoms with Gasteiger partial charge < -0.3 is 10.3 Å². The zero-order valence-electron chi connectivity index (χ0n) is 16.8. The van der Waals surface area contributed by atoms with Crippen molar-refractivity contribution in [1.82, 2.24) is 9.47 Å². The molecule has 1 aromatic heterocycles. The Kier molecular flexibility index (Phi) is 5.89. The van der Waals surface area contributed by atoms with E-state index in [-0.39, 0.29) is 24.2 Å². The predicted octanol–water partition coefficient (Wildman–Crippen LogP) is 4.58. The number of primary amides is 1. The number of halogens is 1. The molecule has 0 spiro atoms. The summed E-state index contributed by atoms with van der Waals surface area (Å²) in [5, 5.41) is 1.18. The maximum atomic E-state index is 12.9. The summed E-state index contributed by atoms with van der Waals surface area (Å²) in [5.41, 5.74) is 9.00. The molecular weight excluding hydrogens is 434 g/mol. The van der Waals surface area contributed by atoms with Gasteiger partial charge in [0.1, 0.15) is 6.54 Å². The van der Waals surface area contributed by atoms with Crippen LogP contribution in [0.15, 0.2) is 53.6 Å². The summed E-state index contributed by atoms with van der Waals surface area (Å²) in [6.07, 6.45) is 4.31. The average molecular weight is 454 g/mol. The molecule has 1 fully saturated rings. The van der Waals surface area contributed by atoms with E-state index in [0.29, 0.717) is 9.93 Å². The SMILES string of the molecule is CCc1cccc2c(/C=C3\SC(=O)N(Cc4ccc(Cl)cc4)C3=O)cn(CC(N)=O)c12. The first-order chi connectivity index (χ1) is 14.9. The van der Waals surface area contributed by atoms with E-state index in [2.05, 4.69) is 0 Å². The smallest absolute Gasteiger partial charge is 0.293 e. The molecule has 4 rings (SSSR count). The van der Waals surface area contributed by atoms with Crippen LogP contribution in [-0.2, 0) is 29.1 Å². The lowest BCUT2D eigenvalue weighted by molar-refractivity contribution is -0.123. The van der Waals surface area contributed by atoms with Crippen molar-refractivity contribution in [2.45, 2.75) is 26.4 Å². The Labute approximate surface area is 188 Å². The Hall–Kier alpha value is -3.03. The number of carbonyl (C=O) groups is 3. The van der Waals surface area contributed by atoms with E-state index < -0.39 is 5.91 Å². The third-order valence-corrected chi connectivity index (χ3v) is 6.29. The van der Waals surface area contributed by atoms with Crippen molar-refractivity contribution in [2.75, 3.05) is 0 Å². The number of carbonyl (C=O) groups excluding carboxylic acids is 3. The Balaban J connectivity index is 1.70. The summed E-state index contributed by atoms with van der Waals surface area (Å²) in [7, 11) is 0. The van der Waals surface area contributed by atoms with Crippen molar-refractivity contribution < 1.29 is 14.4 Å². The second-order valence-corrected chi connectivity index (χ2v) is 8.67. The van der Waals surface area contributed by atoms with Crippen molar-refractivity contribution in [2.24, 2.45) is 5.73 Å². The molecule has 0 atom stereocenters. The number of hydrogen-bond acceptors (Lipinski definition) is 4. The minimum atomic E-state index is -0.447. The van der Waals surface area contributed by atoms with Gasteiger partial charge in [0.05, 0.1) is 17.0 Å². The van der Waals surface area contributed by atoms with Crippen LogP contribution < -0.4 is 5.73 Å². The number of fused-ring (bicyclic) bond motifs is 1. The molecule has 0 aliphatic carbocycles. The molecule has 3 amide bonds. The van der Waals surface area contributed by atoms with Gasteiger partial charge in [0.25, 0.3) is 11.1 Å². The number of imide groups is 1. The normalized spacial score (nSPS) is 15.4. The van der Waals surface area contributed by atoms with E-state index in [1.54, 1.807) is 34.9 Å². The lowest BCUT2D eigenvalue weighted by Gasteiger charge is -2.12. The van der Waals surface area contributed by atoms with Crippen LogP contribution in [0.25, 0.3) is 17.0 Å². The van der Waals surface area contributed by atoms with Crippen LogP contribution in [0.5, 0.6) is 0 Å². The first-order valence-electron chi connectivity index (χ1n) is 9.76. The lowest BCUT2D eigenvalue weighted by Crippen LogP contribution is -2.27. The van der Waals surface area contributed by atoms with Gasteiger partial charge in [-0.25, -0.2) is 0 Å². The molecular formula is C23H20ClN3O3S. The molecule has 2 heterocycles. The molecule has 0 saturated carbocycles. The van der Waals surface area contributed by atoms with Gasteiger partial charge in [0.15, 0.2) is 0 Å². The number of aromatic nitrogens is 1. The Bertz CT molecular complexity index is 1230. The maximum absolute atomic E-state index is 12.9. The quantitative estimate of drug-likeness (QED) is 0.553. The van der Waals surface area contributed by atoms with E-state index in [1.807, 2.05) is 31.3 Å². The minimum absolute atomic E-state index is 0.0411. The molecule has 0 unspecified atom stereocenters. The van der Waals surface area contributed by atoms with Gasteiger partial charge in [-0.2, -0.15) is 0 Å². The van der Waals surface area contributed by atoms with Crippen molar-refractivity contribution in [1.29, 1.82) is 0 Å². The number of thioether (sulfide) groups is 1. The van der Waals surface area contributed by atoms with Crippen LogP contribution in [0, 0.1) is 0 Å². The number of hydrogen-bond donors (Lipinski definition) is 1. The second kappa shape index (κ2) is 8.61. The highest BCUT2D eigenvalue weighted by Crippen LogP contribution is 2.35. The highest BCUT2D eigenvalue weighted by Gasteiger charge is 2.35. The molecule has 1 aliphatic rings. The van der Waals surface area contributed by atoms with Gasteiger partial charge in [-0.05, 0) is 47.5 Å². The number of nitrogens with two attached hydrogens (primary N) is 1. The topological polar surface area (TPSA) is 85.4 Å². The number of nitrogens with zero attached hydrogens (tertiary/aromatic N) is 2. The fraction of sp³-hybridized carbons (Fsp3) is 0.174. The van der Waals surface area contributed by atoms with Gasteiger partial charge in [-0.1, -0.05) is 48.9 Å². The van der Waals surface area contributed by atoms with Gasteiger partial charge in [-0.15, -0.1) is 0 Å². The van der Waals surface area contributed by atoms with Crippen LogP contribution in [-0.4, -0.2) is 26.5 Å². The fourth-order valence-corrected chi connectivity index (χ4v) is 4.66. The zero-order chi connectivity index (χ0) is 22.1. The second-order valence-electron chi connectivity index (χ2n) is 7.24. The number of aryl methyl sites for hydroxylation is 1. The first-order valence-corrected chi connectivity index (χ1v) is 11.0. The molecule has 0 radical (unpaired) electrons. The van der Waals surface area contributed by atoms with Gasteiger partial charge in [0.2, 0.25) is 5.91 Å². The highest BCUT2D eigenvalue weighted by molar-refractivity contribution is 8.18. The van der Waals surface area contributed by atoms with E-state index >= 15 is 0 Å². The number of para-hydroxylation sites is 1. The summed E-state index contributed by atoms with van der Waals surface area (Å²) in [4.78, 5) is 38.6. The Morgan fingerprint density at radius 2 is 1.90 bits per heavy atom. The van der Waals surface area contributed by atoms with E-state index in [9.17, 15) is 14.4 Å². The summed E-state index contributed by atoms with van der Waals surface area (Å²) in [5.74, 6) is -0.787. The molecule has 2 N–H and O–H groups in total. The van der Waals surface area contributed by atoms with Crippen LogP contribution in [0.4, 0.5) is 4.79 Å². The molecule has 2 aromatic carbocycles. The molecule has 31 heavy (non-hydrogen) atoms. The number of rotatable bonds is 6. The zero-order valence-corrected chi connectivity index (χ0v) is 18.4. The Morgan fingerprint density at radius 1 is 1.16 bits per heavy atom. The average Bonchev–Trinajstić information content (AvgIpc) is 3.21. The molecule has 0 bridgehead atoms. The predicted molar refractivity (Wildman–Crippen MR) is 123 cm³/mol. The van der Waals surface area contributed by atoms with Crippen molar-refractivity contribution >= 4 is 57.4 Å². The van der Waals surface area contributed by atoms with Crippen molar-refractivity contribution in [3.63, 3.8) is 0 Å². The number of amides is 3. The van der Waals surface area contributed by atoms with Crippen LogP contribution in [0.2, 0.25) is 5.02 Å². The molecule has 1 aliphatic heterocycles.